The van der Waals surface area contributed by atoms with Gasteiger partial charge in [0.2, 0.25) is 0 Å². The number of thioether (sulfide) groups is 1. The highest BCUT2D eigenvalue weighted by atomic mass is 32.2. The molecule has 0 radical (unpaired) electrons. The van der Waals surface area contributed by atoms with Gasteiger partial charge in [-0.3, -0.25) is 9.59 Å². The lowest BCUT2D eigenvalue weighted by Gasteiger charge is -2.17. The Balaban J connectivity index is 1.79. The Labute approximate surface area is 149 Å². The van der Waals surface area contributed by atoms with Crippen LogP contribution in [0.4, 0.5) is 0 Å². The molecule has 0 unspecified atom stereocenters. The van der Waals surface area contributed by atoms with E-state index >= 15 is 0 Å². The van der Waals surface area contributed by atoms with Crippen LogP contribution >= 0.6 is 23.1 Å². The molecular weight excluding hydrogens is 344 g/mol. The minimum Gasteiger partial charge on any atom is -0.462 e. The van der Waals surface area contributed by atoms with E-state index in [0.29, 0.717) is 11.1 Å². The maximum absolute atomic E-state index is 12.5. The fourth-order valence-corrected chi connectivity index (χ4v) is 4.95. The average Bonchev–Trinajstić information content (AvgIpc) is 2.90. The number of aryl methyl sites for hydroxylation is 1. The largest absolute Gasteiger partial charge is 0.462 e. The van der Waals surface area contributed by atoms with E-state index in [9.17, 15) is 9.59 Å². The van der Waals surface area contributed by atoms with Crippen LogP contribution in [0, 0.1) is 5.92 Å². The molecule has 2 heterocycles. The number of esters is 1. The number of aromatic nitrogens is 2. The molecule has 0 fully saturated rings. The number of thiophene rings is 1. The van der Waals surface area contributed by atoms with Gasteiger partial charge in [0.25, 0.3) is 5.56 Å². The smallest absolute Gasteiger partial charge is 0.316 e. The number of fused-ring (bicyclic) bond motifs is 3. The van der Waals surface area contributed by atoms with Crippen LogP contribution in [-0.4, -0.2) is 27.8 Å². The molecule has 0 amide bonds. The standard InChI is InChI=1S/C17H22N2O3S2/c1-4-10(3)22-13(20)8-23-17-18-15(21)14-11-6-5-9(2)7-12(11)24-16(14)19-17/h9-10H,4-8H2,1-3H3,(H,18,19,21)/t9-,10+/m1/s1. The maximum Gasteiger partial charge on any atom is 0.316 e. The highest BCUT2D eigenvalue weighted by Crippen LogP contribution is 2.36. The summed E-state index contributed by atoms with van der Waals surface area (Å²) in [5.41, 5.74) is 1.08. The molecule has 1 aliphatic carbocycles. The summed E-state index contributed by atoms with van der Waals surface area (Å²) in [7, 11) is 0. The summed E-state index contributed by atoms with van der Waals surface area (Å²) in [4.78, 5) is 33.7. The van der Waals surface area contributed by atoms with Crippen LogP contribution in [0.3, 0.4) is 0 Å². The first-order valence-electron chi connectivity index (χ1n) is 8.34. The predicted octanol–water partition coefficient (Wildman–Crippen LogP) is 3.54. The molecule has 0 saturated carbocycles. The number of hydrogen-bond acceptors (Lipinski definition) is 6. The van der Waals surface area contributed by atoms with E-state index in [4.69, 9.17) is 4.74 Å². The molecule has 0 spiro atoms. The fourth-order valence-electron chi connectivity index (χ4n) is 2.87. The molecule has 2 atom stereocenters. The molecular formula is C17H22N2O3S2. The summed E-state index contributed by atoms with van der Waals surface area (Å²) >= 11 is 2.84. The van der Waals surface area contributed by atoms with Crippen molar-refractivity contribution in [3.63, 3.8) is 0 Å². The molecule has 1 aliphatic rings. The van der Waals surface area contributed by atoms with E-state index in [-0.39, 0.29) is 23.4 Å². The van der Waals surface area contributed by atoms with Crippen LogP contribution in [0.2, 0.25) is 0 Å². The summed E-state index contributed by atoms with van der Waals surface area (Å²) in [5.74, 6) is 0.534. The van der Waals surface area contributed by atoms with Crippen LogP contribution in [0.1, 0.15) is 44.1 Å². The van der Waals surface area contributed by atoms with Crippen molar-refractivity contribution in [2.75, 3.05) is 5.75 Å². The van der Waals surface area contributed by atoms with E-state index < -0.39 is 0 Å². The summed E-state index contributed by atoms with van der Waals surface area (Å²) in [6.45, 7) is 6.08. The van der Waals surface area contributed by atoms with Crippen molar-refractivity contribution in [2.24, 2.45) is 5.92 Å². The molecule has 2 aromatic rings. The van der Waals surface area contributed by atoms with Crippen LogP contribution in [0.5, 0.6) is 0 Å². The number of ether oxygens (including phenoxy) is 1. The zero-order chi connectivity index (χ0) is 17.3. The number of rotatable bonds is 5. The Morgan fingerprint density at radius 3 is 3.08 bits per heavy atom. The third kappa shape index (κ3) is 3.67. The number of hydrogen-bond donors (Lipinski definition) is 1. The molecule has 2 aromatic heterocycles. The van der Waals surface area contributed by atoms with Crippen molar-refractivity contribution in [3.05, 3.63) is 20.8 Å². The number of carbonyl (C=O) groups is 1. The summed E-state index contributed by atoms with van der Waals surface area (Å²) in [5, 5.41) is 1.23. The van der Waals surface area contributed by atoms with Crippen molar-refractivity contribution in [2.45, 2.75) is 57.7 Å². The first-order chi connectivity index (χ1) is 11.5. The number of aromatic amines is 1. The number of carbonyl (C=O) groups excluding carboxylic acids is 1. The third-order valence-electron chi connectivity index (χ3n) is 4.38. The van der Waals surface area contributed by atoms with Gasteiger partial charge >= 0.3 is 5.97 Å². The van der Waals surface area contributed by atoms with E-state index in [1.807, 2.05) is 13.8 Å². The van der Waals surface area contributed by atoms with Crippen molar-refractivity contribution in [3.8, 4) is 0 Å². The molecule has 130 valence electrons. The fraction of sp³-hybridized carbons (Fsp3) is 0.588. The first kappa shape index (κ1) is 17.5. The van der Waals surface area contributed by atoms with E-state index in [1.165, 1.54) is 22.2 Å². The molecule has 3 rings (SSSR count). The molecule has 0 aliphatic heterocycles. The molecule has 7 heteroatoms. The van der Waals surface area contributed by atoms with E-state index in [1.54, 1.807) is 11.3 Å². The summed E-state index contributed by atoms with van der Waals surface area (Å²) in [6.07, 6.45) is 3.81. The van der Waals surface area contributed by atoms with Gasteiger partial charge in [-0.05, 0) is 44.1 Å². The van der Waals surface area contributed by atoms with Crippen molar-refractivity contribution < 1.29 is 9.53 Å². The Morgan fingerprint density at radius 1 is 1.54 bits per heavy atom. The Morgan fingerprint density at radius 2 is 2.33 bits per heavy atom. The van der Waals surface area contributed by atoms with Gasteiger partial charge in [-0.25, -0.2) is 4.98 Å². The van der Waals surface area contributed by atoms with Crippen LogP contribution < -0.4 is 5.56 Å². The third-order valence-corrected chi connectivity index (χ3v) is 6.37. The lowest BCUT2D eigenvalue weighted by Crippen LogP contribution is -2.16. The van der Waals surface area contributed by atoms with Gasteiger partial charge in [0.05, 0.1) is 17.2 Å². The number of nitrogens with zero attached hydrogens (tertiary/aromatic N) is 1. The van der Waals surface area contributed by atoms with Gasteiger partial charge in [-0.2, -0.15) is 0 Å². The second-order valence-corrected chi connectivity index (χ2v) is 8.45. The second-order valence-electron chi connectivity index (χ2n) is 6.40. The molecule has 0 bridgehead atoms. The van der Waals surface area contributed by atoms with Crippen LogP contribution in [0.25, 0.3) is 10.2 Å². The predicted molar refractivity (Wildman–Crippen MR) is 98.0 cm³/mol. The Kier molecular flexibility index (Phi) is 5.30. The van der Waals surface area contributed by atoms with Gasteiger partial charge in [-0.1, -0.05) is 25.6 Å². The molecule has 24 heavy (non-hydrogen) atoms. The maximum atomic E-state index is 12.5. The Bertz CT molecular complexity index is 812. The average molecular weight is 367 g/mol. The minimum absolute atomic E-state index is 0.0846. The van der Waals surface area contributed by atoms with Crippen molar-refractivity contribution in [1.82, 2.24) is 9.97 Å². The Hall–Kier alpha value is -1.34. The van der Waals surface area contributed by atoms with Crippen molar-refractivity contribution in [1.29, 1.82) is 0 Å². The van der Waals surface area contributed by atoms with Crippen LogP contribution in [-0.2, 0) is 22.4 Å². The summed E-state index contributed by atoms with van der Waals surface area (Å²) < 4.78 is 5.24. The topological polar surface area (TPSA) is 72.0 Å². The monoisotopic (exact) mass is 366 g/mol. The minimum atomic E-state index is -0.281. The lowest BCUT2D eigenvalue weighted by atomic mass is 9.89. The number of nitrogens with one attached hydrogen (secondary N) is 1. The van der Waals surface area contributed by atoms with Crippen LogP contribution in [0.15, 0.2) is 9.95 Å². The van der Waals surface area contributed by atoms with Gasteiger partial charge in [0.15, 0.2) is 5.16 Å². The van der Waals surface area contributed by atoms with E-state index in [0.717, 1.165) is 35.9 Å². The van der Waals surface area contributed by atoms with Crippen molar-refractivity contribution >= 4 is 39.3 Å². The second kappa shape index (κ2) is 7.27. The highest BCUT2D eigenvalue weighted by molar-refractivity contribution is 7.99. The first-order valence-corrected chi connectivity index (χ1v) is 10.1. The molecule has 0 aromatic carbocycles. The molecule has 1 N–H and O–H groups in total. The van der Waals surface area contributed by atoms with Gasteiger partial charge in [0, 0.05) is 4.88 Å². The van der Waals surface area contributed by atoms with Gasteiger partial charge in [0.1, 0.15) is 4.83 Å². The molecule has 0 saturated heterocycles. The highest BCUT2D eigenvalue weighted by Gasteiger charge is 2.23. The normalized spacial score (nSPS) is 18.4. The molecule has 5 nitrogen and oxygen atoms in total. The van der Waals surface area contributed by atoms with E-state index in [2.05, 4.69) is 16.9 Å². The zero-order valence-electron chi connectivity index (χ0n) is 14.2. The van der Waals surface area contributed by atoms with Gasteiger partial charge in [-0.15, -0.1) is 11.3 Å². The summed E-state index contributed by atoms with van der Waals surface area (Å²) in [6, 6.07) is 0. The lowest BCUT2D eigenvalue weighted by molar-refractivity contribution is -0.144. The van der Waals surface area contributed by atoms with Gasteiger partial charge < -0.3 is 9.72 Å². The quantitative estimate of drug-likeness (QED) is 0.498. The number of H-pyrrole nitrogens is 1. The zero-order valence-corrected chi connectivity index (χ0v) is 15.8. The SMILES string of the molecule is CC[C@H](C)OC(=O)CSc1nc2sc3c(c2c(=O)[nH]1)CC[C@@H](C)C3.